The molecule has 0 heterocycles. The van der Waals surface area contributed by atoms with Crippen LogP contribution in [0.1, 0.15) is 12.8 Å². The molecule has 0 fully saturated rings. The van der Waals surface area contributed by atoms with Gasteiger partial charge in [0, 0.05) is 0 Å². The average Bonchev–Trinajstić information content (AvgIpc) is 1.69. The Labute approximate surface area is 58.4 Å². The number of unbranched alkanes of at least 4 members (excludes halogenated alkanes) is 1. The number of halogens is 1. The topological polar surface area (TPSA) is 0 Å². The highest BCUT2D eigenvalue weighted by Crippen LogP contribution is 1.93. The molecule has 40 valence electrons. The van der Waals surface area contributed by atoms with Crippen LogP contribution in [0.15, 0.2) is 22.8 Å². The van der Waals surface area contributed by atoms with Crippen LogP contribution in [0.4, 0.5) is 0 Å². The van der Waals surface area contributed by atoms with Gasteiger partial charge in [-0.3, -0.25) is 0 Å². The molecule has 7 heavy (non-hydrogen) atoms. The Morgan fingerprint density at radius 1 is 1.43 bits per heavy atom. The molecule has 1 heteroatoms. The lowest BCUT2D eigenvalue weighted by Crippen LogP contribution is -1.57. The van der Waals surface area contributed by atoms with Gasteiger partial charge in [0.15, 0.2) is 0 Å². The molecule has 0 aromatic rings. The summed E-state index contributed by atoms with van der Waals surface area (Å²) in [5, 5.41) is 0. The number of allylic oxidation sites excluding steroid dienone is 2. The third kappa shape index (κ3) is 6.21. The van der Waals surface area contributed by atoms with Gasteiger partial charge in [-0.15, -0.1) is 6.58 Å². The van der Waals surface area contributed by atoms with Crippen LogP contribution in [0, 0.1) is 0 Å². The molecule has 0 rings (SSSR count). The fourth-order valence-corrected chi connectivity index (χ4v) is 0.637. The Kier molecular flexibility index (Phi) is 6.40. The fraction of sp³-hybridized carbons (Fsp3) is 0.333. The van der Waals surface area contributed by atoms with E-state index in [1.807, 2.05) is 10.2 Å². The molecule has 0 radical (unpaired) electrons. The van der Waals surface area contributed by atoms with E-state index in [0.717, 1.165) is 12.8 Å². The fourth-order valence-electron chi connectivity index (χ4n) is 0.277. The van der Waals surface area contributed by atoms with Crippen LogP contribution in [-0.2, 0) is 0 Å². The minimum absolute atomic E-state index is 1.10. The first-order chi connectivity index (χ1) is 3.41. The van der Waals surface area contributed by atoms with Crippen LogP contribution in [-0.4, -0.2) is 0 Å². The lowest BCUT2D eigenvalue weighted by atomic mass is 10.3. The van der Waals surface area contributed by atoms with E-state index in [1.165, 1.54) is 0 Å². The summed E-state index contributed by atoms with van der Waals surface area (Å²) in [4.78, 5) is 0. The number of hydrogen-bond acceptors (Lipinski definition) is 0. The van der Waals surface area contributed by atoms with E-state index in [2.05, 4.69) is 35.2 Å². The van der Waals surface area contributed by atoms with Gasteiger partial charge in [0.25, 0.3) is 0 Å². The lowest BCUT2D eigenvalue weighted by molar-refractivity contribution is 1.06. The van der Waals surface area contributed by atoms with E-state index >= 15 is 0 Å². The zero-order valence-corrected chi connectivity index (χ0v) is 6.39. The van der Waals surface area contributed by atoms with Crippen molar-refractivity contribution in [1.29, 1.82) is 0 Å². The molecule has 0 amide bonds. The first-order valence-corrected chi connectivity index (χ1v) is 3.52. The molecule has 0 aliphatic rings. The molecule has 0 saturated heterocycles. The maximum absolute atomic E-state index is 3.60. The van der Waals surface area contributed by atoms with E-state index in [9.17, 15) is 0 Å². The molecule has 0 unspecified atom stereocenters. The highest BCUT2D eigenvalue weighted by Gasteiger charge is 1.69. The van der Waals surface area contributed by atoms with Crippen molar-refractivity contribution in [3.8, 4) is 0 Å². The van der Waals surface area contributed by atoms with E-state index in [4.69, 9.17) is 0 Å². The van der Waals surface area contributed by atoms with Gasteiger partial charge in [-0.2, -0.15) is 0 Å². The molecular formula is C6H9I. The number of rotatable bonds is 3. The third-order valence-corrected chi connectivity index (χ3v) is 1.14. The van der Waals surface area contributed by atoms with E-state index in [0.29, 0.717) is 0 Å². The van der Waals surface area contributed by atoms with E-state index in [-0.39, 0.29) is 0 Å². The first kappa shape index (κ1) is 7.21. The largest absolute Gasteiger partial charge is 0.103 e. The van der Waals surface area contributed by atoms with Gasteiger partial charge in [0.2, 0.25) is 0 Å². The minimum atomic E-state index is 1.10. The maximum atomic E-state index is 3.60. The van der Waals surface area contributed by atoms with Crippen LogP contribution in [0.2, 0.25) is 0 Å². The lowest BCUT2D eigenvalue weighted by Gasteiger charge is -1.78. The Balaban J connectivity index is 2.82. The normalized spacial score (nSPS) is 9.86. The van der Waals surface area contributed by atoms with E-state index < -0.39 is 0 Å². The Hall–Kier alpha value is 0.210. The zero-order chi connectivity index (χ0) is 5.54. The molecule has 0 bridgehead atoms. The van der Waals surface area contributed by atoms with Gasteiger partial charge in [-0.1, -0.05) is 34.7 Å². The summed E-state index contributed by atoms with van der Waals surface area (Å²) >= 11 is 2.21. The van der Waals surface area contributed by atoms with Crippen LogP contribution in [0.5, 0.6) is 0 Å². The SMILES string of the molecule is C=CCCC=CI. The van der Waals surface area contributed by atoms with E-state index in [1.54, 1.807) is 0 Å². The predicted molar refractivity (Wildman–Crippen MR) is 42.6 cm³/mol. The highest BCUT2D eigenvalue weighted by atomic mass is 127. The number of hydrogen-bond donors (Lipinski definition) is 0. The summed E-state index contributed by atoms with van der Waals surface area (Å²) in [7, 11) is 0. The molecule has 0 saturated carbocycles. The summed E-state index contributed by atoms with van der Waals surface area (Å²) in [5.41, 5.74) is 0. The summed E-state index contributed by atoms with van der Waals surface area (Å²) in [6.45, 7) is 3.60. The summed E-state index contributed by atoms with van der Waals surface area (Å²) in [6.07, 6.45) is 6.28. The van der Waals surface area contributed by atoms with Crippen molar-refractivity contribution in [1.82, 2.24) is 0 Å². The van der Waals surface area contributed by atoms with Gasteiger partial charge < -0.3 is 0 Å². The summed E-state index contributed by atoms with van der Waals surface area (Å²) in [5.74, 6) is 0. The summed E-state index contributed by atoms with van der Waals surface area (Å²) in [6, 6.07) is 0. The molecule has 0 nitrogen and oxygen atoms in total. The third-order valence-electron chi connectivity index (χ3n) is 0.627. The second-order valence-electron chi connectivity index (χ2n) is 1.23. The molecule has 0 spiro atoms. The molecule has 0 aromatic heterocycles. The van der Waals surface area contributed by atoms with Gasteiger partial charge in [0.05, 0.1) is 0 Å². The Morgan fingerprint density at radius 3 is 2.57 bits per heavy atom. The highest BCUT2D eigenvalue weighted by molar-refractivity contribution is 14.1. The molecular weight excluding hydrogens is 199 g/mol. The summed E-state index contributed by atoms with van der Waals surface area (Å²) < 4.78 is 2.03. The first-order valence-electron chi connectivity index (χ1n) is 2.28. The van der Waals surface area contributed by atoms with Crippen LogP contribution >= 0.6 is 22.6 Å². The van der Waals surface area contributed by atoms with Crippen molar-refractivity contribution in [3.05, 3.63) is 22.8 Å². The van der Waals surface area contributed by atoms with Gasteiger partial charge in [-0.05, 0) is 16.9 Å². The van der Waals surface area contributed by atoms with Crippen LogP contribution < -0.4 is 0 Å². The standard InChI is InChI=1S/C6H9I/c1-2-3-4-5-6-7/h2,5-6H,1,3-4H2. The Morgan fingerprint density at radius 2 is 2.14 bits per heavy atom. The second kappa shape index (κ2) is 6.21. The van der Waals surface area contributed by atoms with Gasteiger partial charge in [-0.25, -0.2) is 0 Å². The van der Waals surface area contributed by atoms with Gasteiger partial charge in [0.1, 0.15) is 0 Å². The van der Waals surface area contributed by atoms with Crippen molar-refractivity contribution in [2.24, 2.45) is 0 Å². The minimum Gasteiger partial charge on any atom is -0.103 e. The Bertz CT molecular complexity index is 64.6. The monoisotopic (exact) mass is 208 g/mol. The maximum Gasteiger partial charge on any atom is -0.0274 e. The molecule has 0 atom stereocenters. The van der Waals surface area contributed by atoms with Gasteiger partial charge >= 0.3 is 0 Å². The van der Waals surface area contributed by atoms with Crippen LogP contribution in [0.3, 0.4) is 0 Å². The zero-order valence-electron chi connectivity index (χ0n) is 4.23. The van der Waals surface area contributed by atoms with Crippen molar-refractivity contribution >= 4 is 22.6 Å². The molecule has 0 N–H and O–H groups in total. The smallest absolute Gasteiger partial charge is 0.0274 e. The molecule has 0 aliphatic carbocycles. The van der Waals surface area contributed by atoms with Crippen molar-refractivity contribution in [2.45, 2.75) is 12.8 Å². The van der Waals surface area contributed by atoms with Crippen molar-refractivity contribution < 1.29 is 0 Å². The quantitative estimate of drug-likeness (QED) is 0.380. The predicted octanol–water partition coefficient (Wildman–Crippen LogP) is 2.90. The van der Waals surface area contributed by atoms with Crippen molar-refractivity contribution in [3.63, 3.8) is 0 Å². The molecule has 0 aromatic carbocycles. The molecule has 0 aliphatic heterocycles. The van der Waals surface area contributed by atoms with Crippen molar-refractivity contribution in [2.75, 3.05) is 0 Å². The van der Waals surface area contributed by atoms with Crippen LogP contribution in [0.25, 0.3) is 0 Å². The second-order valence-corrected chi connectivity index (χ2v) is 1.95. The average molecular weight is 208 g/mol.